The molecule has 0 heterocycles. The second kappa shape index (κ2) is 9.55. The summed E-state index contributed by atoms with van der Waals surface area (Å²) in [6.07, 6.45) is -4.50. The molecule has 0 aromatic heterocycles. The van der Waals surface area contributed by atoms with E-state index in [2.05, 4.69) is 16.0 Å². The third-order valence-electron chi connectivity index (χ3n) is 4.77. The molecule has 0 radical (unpaired) electrons. The smallest absolute Gasteiger partial charge is 0.376 e. The molecule has 32 heavy (non-hydrogen) atoms. The van der Waals surface area contributed by atoms with Gasteiger partial charge in [0.25, 0.3) is 5.91 Å². The highest BCUT2D eigenvalue weighted by atomic mass is 19.4. The highest BCUT2D eigenvalue weighted by Crippen LogP contribution is 2.30. The minimum Gasteiger partial charge on any atom is -0.376 e. The summed E-state index contributed by atoms with van der Waals surface area (Å²) in [5.41, 5.74) is 2.62. The van der Waals surface area contributed by atoms with Crippen LogP contribution in [0.5, 0.6) is 0 Å². The average Bonchev–Trinajstić information content (AvgIpc) is 2.75. The molecule has 0 atom stereocenters. The van der Waals surface area contributed by atoms with Crippen LogP contribution in [-0.2, 0) is 11.0 Å². The summed E-state index contributed by atoms with van der Waals surface area (Å²) in [5.74, 6) is -0.811. The van der Waals surface area contributed by atoms with Crippen LogP contribution < -0.4 is 16.0 Å². The van der Waals surface area contributed by atoms with Crippen molar-refractivity contribution >= 4 is 28.9 Å². The number of anilines is 3. The number of carbonyl (C=O) groups is 2. The molecule has 0 unspecified atom stereocenters. The van der Waals surface area contributed by atoms with Crippen LogP contribution in [0.25, 0.3) is 0 Å². The van der Waals surface area contributed by atoms with Gasteiger partial charge in [-0.05, 0) is 61.4 Å². The van der Waals surface area contributed by atoms with E-state index in [1.165, 1.54) is 24.3 Å². The number of carbonyl (C=O) groups excluding carboxylic acids is 2. The van der Waals surface area contributed by atoms with Crippen LogP contribution in [0.4, 0.5) is 30.2 Å². The normalized spacial score (nSPS) is 11.0. The number of hydrogen-bond acceptors (Lipinski definition) is 3. The Kier molecular flexibility index (Phi) is 6.82. The zero-order chi connectivity index (χ0) is 23.3. The van der Waals surface area contributed by atoms with Crippen LogP contribution in [-0.4, -0.2) is 18.4 Å². The minimum atomic E-state index is -4.50. The molecule has 3 aromatic rings. The Balaban J connectivity index is 1.63. The molecule has 0 bridgehead atoms. The Morgan fingerprint density at radius 2 is 1.44 bits per heavy atom. The molecular formula is C24H22F3N3O2. The molecule has 3 rings (SSSR count). The van der Waals surface area contributed by atoms with Crippen molar-refractivity contribution in [1.29, 1.82) is 0 Å². The van der Waals surface area contributed by atoms with E-state index in [0.717, 1.165) is 28.9 Å². The molecule has 0 spiro atoms. The van der Waals surface area contributed by atoms with E-state index >= 15 is 0 Å². The lowest BCUT2D eigenvalue weighted by atomic mass is 10.1. The highest BCUT2D eigenvalue weighted by molar-refractivity contribution is 6.05. The standard InChI is InChI=1S/C24H22F3N3O2/c1-15-6-3-7-16(2)22(15)30-21(31)14-28-19-10-4-8-17(12-19)23(32)29-20-11-5-9-18(13-20)24(25,26)27/h3-13,28H,14H2,1-2H3,(H,29,32)(H,30,31). The quantitative estimate of drug-likeness (QED) is 0.465. The molecule has 0 saturated heterocycles. The first-order valence-corrected chi connectivity index (χ1v) is 9.82. The van der Waals surface area contributed by atoms with Crippen LogP contribution in [0.2, 0.25) is 0 Å². The van der Waals surface area contributed by atoms with E-state index in [1.54, 1.807) is 12.1 Å². The van der Waals surface area contributed by atoms with Gasteiger partial charge in [0.15, 0.2) is 0 Å². The molecule has 8 heteroatoms. The van der Waals surface area contributed by atoms with Gasteiger partial charge in [-0.3, -0.25) is 9.59 Å². The van der Waals surface area contributed by atoms with Crippen molar-refractivity contribution in [3.63, 3.8) is 0 Å². The number of alkyl halides is 3. The molecule has 0 aliphatic heterocycles. The number of amides is 2. The zero-order valence-corrected chi connectivity index (χ0v) is 17.5. The summed E-state index contributed by atoms with van der Waals surface area (Å²) in [7, 11) is 0. The van der Waals surface area contributed by atoms with Crippen LogP contribution in [0, 0.1) is 13.8 Å². The third-order valence-corrected chi connectivity index (χ3v) is 4.77. The van der Waals surface area contributed by atoms with Gasteiger partial charge in [-0.1, -0.05) is 30.3 Å². The van der Waals surface area contributed by atoms with Crippen LogP contribution in [0.15, 0.2) is 66.7 Å². The van der Waals surface area contributed by atoms with Crippen LogP contribution >= 0.6 is 0 Å². The van der Waals surface area contributed by atoms with Gasteiger partial charge in [0.2, 0.25) is 5.91 Å². The minimum absolute atomic E-state index is 0.0214. The predicted molar refractivity (Wildman–Crippen MR) is 119 cm³/mol. The van der Waals surface area contributed by atoms with Crippen molar-refractivity contribution in [3.05, 3.63) is 89.0 Å². The molecule has 166 valence electrons. The number of halogens is 3. The third kappa shape index (κ3) is 5.87. The number of aryl methyl sites for hydroxylation is 2. The first kappa shape index (κ1) is 22.9. The highest BCUT2D eigenvalue weighted by Gasteiger charge is 2.30. The summed E-state index contributed by atoms with van der Waals surface area (Å²) in [6.45, 7) is 3.79. The van der Waals surface area contributed by atoms with Gasteiger partial charge in [-0.15, -0.1) is 0 Å². The van der Waals surface area contributed by atoms with E-state index in [4.69, 9.17) is 0 Å². The topological polar surface area (TPSA) is 70.2 Å². The maximum atomic E-state index is 12.9. The summed E-state index contributed by atoms with van der Waals surface area (Å²) >= 11 is 0. The largest absolute Gasteiger partial charge is 0.416 e. The summed E-state index contributed by atoms with van der Waals surface area (Å²) < 4.78 is 38.6. The van der Waals surface area contributed by atoms with Gasteiger partial charge < -0.3 is 16.0 Å². The van der Waals surface area contributed by atoms with E-state index in [0.29, 0.717) is 5.69 Å². The Hall–Kier alpha value is -3.81. The lowest BCUT2D eigenvalue weighted by Crippen LogP contribution is -2.23. The van der Waals surface area contributed by atoms with Crippen LogP contribution in [0.3, 0.4) is 0 Å². The number of rotatable bonds is 6. The molecule has 5 nitrogen and oxygen atoms in total. The molecule has 0 aliphatic rings. The number of nitrogens with one attached hydrogen (secondary N) is 3. The van der Waals surface area contributed by atoms with Crippen molar-refractivity contribution in [2.24, 2.45) is 0 Å². The lowest BCUT2D eigenvalue weighted by Gasteiger charge is -2.13. The Morgan fingerprint density at radius 3 is 2.12 bits per heavy atom. The Morgan fingerprint density at radius 1 is 0.812 bits per heavy atom. The lowest BCUT2D eigenvalue weighted by molar-refractivity contribution is -0.137. The van der Waals surface area contributed by atoms with E-state index in [-0.39, 0.29) is 23.7 Å². The predicted octanol–water partition coefficient (Wildman–Crippen LogP) is 5.63. The molecule has 0 saturated carbocycles. The van der Waals surface area contributed by atoms with Gasteiger partial charge in [-0.25, -0.2) is 0 Å². The first-order chi connectivity index (χ1) is 15.1. The van der Waals surface area contributed by atoms with Gasteiger partial charge >= 0.3 is 6.18 Å². The molecular weight excluding hydrogens is 419 g/mol. The zero-order valence-electron chi connectivity index (χ0n) is 17.5. The van der Waals surface area contributed by atoms with Gasteiger partial charge in [0, 0.05) is 22.6 Å². The summed E-state index contributed by atoms with van der Waals surface area (Å²) in [6, 6.07) is 16.5. The van der Waals surface area contributed by atoms with Crippen molar-refractivity contribution < 1.29 is 22.8 Å². The maximum absolute atomic E-state index is 12.9. The van der Waals surface area contributed by atoms with Gasteiger partial charge in [0.1, 0.15) is 0 Å². The van der Waals surface area contributed by atoms with Crippen molar-refractivity contribution in [2.45, 2.75) is 20.0 Å². The maximum Gasteiger partial charge on any atom is 0.416 e. The number of para-hydroxylation sites is 1. The fraction of sp³-hybridized carbons (Fsp3) is 0.167. The Labute approximate surface area is 183 Å². The fourth-order valence-corrected chi connectivity index (χ4v) is 3.12. The monoisotopic (exact) mass is 441 g/mol. The second-order valence-electron chi connectivity index (χ2n) is 7.28. The van der Waals surface area contributed by atoms with E-state index in [9.17, 15) is 22.8 Å². The SMILES string of the molecule is Cc1cccc(C)c1NC(=O)CNc1cccc(C(=O)Nc2cccc(C(F)(F)F)c2)c1. The van der Waals surface area contributed by atoms with E-state index in [1.807, 2.05) is 32.0 Å². The van der Waals surface area contributed by atoms with Crippen molar-refractivity contribution in [1.82, 2.24) is 0 Å². The molecule has 3 N–H and O–H groups in total. The fourth-order valence-electron chi connectivity index (χ4n) is 3.12. The molecule has 3 aromatic carbocycles. The van der Waals surface area contributed by atoms with Crippen molar-refractivity contribution in [2.75, 3.05) is 22.5 Å². The molecule has 0 aliphatic carbocycles. The Bertz CT molecular complexity index is 1120. The second-order valence-corrected chi connectivity index (χ2v) is 7.28. The first-order valence-electron chi connectivity index (χ1n) is 9.82. The molecule has 2 amide bonds. The number of benzene rings is 3. The van der Waals surface area contributed by atoms with Gasteiger partial charge in [-0.2, -0.15) is 13.2 Å². The summed E-state index contributed by atoms with van der Waals surface area (Å²) in [4.78, 5) is 24.8. The average molecular weight is 441 g/mol. The summed E-state index contributed by atoms with van der Waals surface area (Å²) in [5, 5.41) is 8.28. The molecule has 0 fully saturated rings. The van der Waals surface area contributed by atoms with Crippen LogP contribution in [0.1, 0.15) is 27.0 Å². The number of hydrogen-bond donors (Lipinski definition) is 3. The van der Waals surface area contributed by atoms with Gasteiger partial charge in [0.05, 0.1) is 12.1 Å². The van der Waals surface area contributed by atoms with Crippen molar-refractivity contribution in [3.8, 4) is 0 Å². The van der Waals surface area contributed by atoms with E-state index < -0.39 is 17.6 Å².